The smallest absolute Gasteiger partial charge is 0.328 e. The van der Waals surface area contributed by atoms with Gasteiger partial charge in [0, 0.05) is 12.5 Å². The highest BCUT2D eigenvalue weighted by Gasteiger charge is 2.21. The molecule has 1 aliphatic rings. The molecule has 1 aromatic rings. The number of ether oxygens (including phenoxy) is 1. The van der Waals surface area contributed by atoms with Gasteiger partial charge in [0.1, 0.15) is 6.10 Å². The standard InChI is InChI=1S/C19H28N2O5S/c1-3-7-18(22)26-14(2)15-10-12-17(13-11-15)27(24,25)21-19(23)20-16-8-5-4-6-9-16/h10-14,16H,3-9H2,1-2H3,(H2,20,21,23). The minimum absolute atomic E-state index is 0.0165. The molecule has 150 valence electrons. The third kappa shape index (κ3) is 6.53. The molecular formula is C19H28N2O5S. The number of carbonyl (C=O) groups excluding carboxylic acids is 2. The normalized spacial score (nSPS) is 16.4. The zero-order valence-electron chi connectivity index (χ0n) is 15.9. The summed E-state index contributed by atoms with van der Waals surface area (Å²) in [4.78, 5) is 23.5. The van der Waals surface area contributed by atoms with Crippen LogP contribution in [0.15, 0.2) is 29.2 Å². The molecule has 0 aliphatic heterocycles. The van der Waals surface area contributed by atoms with Crippen molar-refractivity contribution in [2.24, 2.45) is 0 Å². The summed E-state index contributed by atoms with van der Waals surface area (Å²) in [6.45, 7) is 3.62. The van der Waals surface area contributed by atoms with Crippen LogP contribution in [0.1, 0.15) is 70.5 Å². The molecule has 2 N–H and O–H groups in total. The Morgan fingerprint density at radius 2 is 1.78 bits per heavy atom. The third-order valence-corrected chi connectivity index (χ3v) is 5.94. The molecule has 1 aromatic carbocycles. The summed E-state index contributed by atoms with van der Waals surface area (Å²) in [5.74, 6) is -0.289. The van der Waals surface area contributed by atoms with Crippen LogP contribution < -0.4 is 10.0 Å². The van der Waals surface area contributed by atoms with E-state index in [0.717, 1.165) is 32.1 Å². The first-order valence-corrected chi connectivity index (χ1v) is 10.9. The first-order valence-electron chi connectivity index (χ1n) is 9.44. The van der Waals surface area contributed by atoms with Crippen molar-refractivity contribution in [3.8, 4) is 0 Å². The molecule has 1 atom stereocenters. The van der Waals surface area contributed by atoms with Crippen LogP contribution >= 0.6 is 0 Å². The number of amides is 2. The van der Waals surface area contributed by atoms with Gasteiger partial charge < -0.3 is 10.1 Å². The lowest BCUT2D eigenvalue weighted by molar-refractivity contribution is -0.148. The van der Waals surface area contributed by atoms with Gasteiger partial charge in [0.25, 0.3) is 10.0 Å². The van der Waals surface area contributed by atoms with E-state index in [2.05, 4.69) is 10.0 Å². The number of benzene rings is 1. The Labute approximate surface area is 160 Å². The number of sulfonamides is 1. The molecule has 0 saturated heterocycles. The van der Waals surface area contributed by atoms with E-state index >= 15 is 0 Å². The second kappa shape index (κ2) is 9.73. The van der Waals surface area contributed by atoms with Crippen molar-refractivity contribution >= 4 is 22.0 Å². The minimum Gasteiger partial charge on any atom is -0.458 e. The second-order valence-corrected chi connectivity index (χ2v) is 8.55. The summed E-state index contributed by atoms with van der Waals surface area (Å²) in [7, 11) is -3.95. The summed E-state index contributed by atoms with van der Waals surface area (Å²) in [6, 6.07) is 5.28. The minimum atomic E-state index is -3.95. The maximum absolute atomic E-state index is 12.4. The van der Waals surface area contributed by atoms with Gasteiger partial charge in [0.2, 0.25) is 0 Å². The SMILES string of the molecule is CCCC(=O)OC(C)c1ccc(S(=O)(=O)NC(=O)NC2CCCCC2)cc1. The van der Waals surface area contributed by atoms with Crippen molar-refractivity contribution in [1.82, 2.24) is 10.0 Å². The highest BCUT2D eigenvalue weighted by molar-refractivity contribution is 7.90. The fraction of sp³-hybridized carbons (Fsp3) is 0.579. The van der Waals surface area contributed by atoms with Crippen LogP contribution in [0.25, 0.3) is 0 Å². The topological polar surface area (TPSA) is 102 Å². The van der Waals surface area contributed by atoms with Crippen molar-refractivity contribution in [3.63, 3.8) is 0 Å². The van der Waals surface area contributed by atoms with Gasteiger partial charge in [-0.3, -0.25) is 4.79 Å². The molecule has 1 unspecified atom stereocenters. The van der Waals surface area contributed by atoms with Crippen molar-refractivity contribution in [1.29, 1.82) is 0 Å². The van der Waals surface area contributed by atoms with Crippen LogP contribution in [0.4, 0.5) is 4.79 Å². The summed E-state index contributed by atoms with van der Waals surface area (Å²) in [5.41, 5.74) is 0.685. The van der Waals surface area contributed by atoms with Gasteiger partial charge in [-0.15, -0.1) is 0 Å². The van der Waals surface area contributed by atoms with Crippen LogP contribution in [-0.2, 0) is 19.6 Å². The monoisotopic (exact) mass is 396 g/mol. The zero-order valence-corrected chi connectivity index (χ0v) is 16.7. The number of rotatable bonds is 7. The molecule has 8 heteroatoms. The van der Waals surface area contributed by atoms with Gasteiger partial charge in [-0.05, 0) is 43.9 Å². The Morgan fingerprint density at radius 1 is 1.15 bits per heavy atom. The zero-order chi connectivity index (χ0) is 19.9. The number of urea groups is 1. The third-order valence-electron chi connectivity index (χ3n) is 4.59. The number of hydrogen-bond acceptors (Lipinski definition) is 5. The Bertz CT molecular complexity index is 740. The molecule has 1 fully saturated rings. The molecule has 7 nitrogen and oxygen atoms in total. The number of hydrogen-bond donors (Lipinski definition) is 2. The average molecular weight is 397 g/mol. The first kappa shape index (κ1) is 21.2. The van der Waals surface area contributed by atoms with Crippen LogP contribution in [0.2, 0.25) is 0 Å². The molecule has 0 heterocycles. The van der Waals surface area contributed by atoms with Crippen LogP contribution in [0, 0.1) is 0 Å². The average Bonchev–Trinajstić information content (AvgIpc) is 2.62. The number of carbonyl (C=O) groups is 2. The molecule has 0 spiro atoms. The van der Waals surface area contributed by atoms with E-state index in [9.17, 15) is 18.0 Å². The molecule has 2 rings (SSSR count). The van der Waals surface area contributed by atoms with Crippen LogP contribution in [0.5, 0.6) is 0 Å². The molecule has 27 heavy (non-hydrogen) atoms. The van der Waals surface area contributed by atoms with E-state index in [1.807, 2.05) is 6.92 Å². The molecule has 0 aromatic heterocycles. The predicted molar refractivity (Wildman–Crippen MR) is 102 cm³/mol. The van der Waals surface area contributed by atoms with Crippen molar-refractivity contribution in [3.05, 3.63) is 29.8 Å². The lowest BCUT2D eigenvalue weighted by Gasteiger charge is -2.22. The van der Waals surface area contributed by atoms with Crippen LogP contribution in [-0.4, -0.2) is 26.5 Å². The molecule has 1 saturated carbocycles. The Hall–Kier alpha value is -2.09. The van der Waals surface area contributed by atoms with Gasteiger partial charge in [-0.2, -0.15) is 0 Å². The van der Waals surface area contributed by atoms with E-state index in [4.69, 9.17) is 4.74 Å². The molecule has 2 amide bonds. The molecule has 0 radical (unpaired) electrons. The van der Waals surface area contributed by atoms with E-state index in [-0.39, 0.29) is 16.9 Å². The lowest BCUT2D eigenvalue weighted by atomic mass is 9.96. The van der Waals surface area contributed by atoms with Gasteiger partial charge >= 0.3 is 12.0 Å². The Kier molecular flexibility index (Phi) is 7.65. The lowest BCUT2D eigenvalue weighted by Crippen LogP contribution is -2.45. The van der Waals surface area contributed by atoms with Crippen molar-refractivity contribution in [2.75, 3.05) is 0 Å². The molecule has 0 bridgehead atoms. The molecule has 1 aliphatic carbocycles. The quantitative estimate of drug-likeness (QED) is 0.688. The Balaban J connectivity index is 1.95. The largest absolute Gasteiger partial charge is 0.458 e. The second-order valence-electron chi connectivity index (χ2n) is 6.87. The van der Waals surface area contributed by atoms with Crippen molar-refractivity contribution in [2.45, 2.75) is 75.8 Å². The van der Waals surface area contributed by atoms with Gasteiger partial charge in [0.05, 0.1) is 4.90 Å². The number of esters is 1. The predicted octanol–water partition coefficient (Wildman–Crippen LogP) is 3.41. The van der Waals surface area contributed by atoms with Gasteiger partial charge in [0.15, 0.2) is 0 Å². The van der Waals surface area contributed by atoms with Crippen LogP contribution in [0.3, 0.4) is 0 Å². The van der Waals surface area contributed by atoms with E-state index in [0.29, 0.717) is 18.4 Å². The van der Waals surface area contributed by atoms with E-state index in [1.165, 1.54) is 12.1 Å². The van der Waals surface area contributed by atoms with Gasteiger partial charge in [-0.1, -0.05) is 38.3 Å². The van der Waals surface area contributed by atoms with E-state index in [1.54, 1.807) is 19.1 Å². The highest BCUT2D eigenvalue weighted by atomic mass is 32.2. The van der Waals surface area contributed by atoms with Gasteiger partial charge in [-0.25, -0.2) is 17.9 Å². The fourth-order valence-electron chi connectivity index (χ4n) is 3.09. The fourth-order valence-corrected chi connectivity index (χ4v) is 4.00. The summed E-state index contributed by atoms with van der Waals surface area (Å²) < 4.78 is 32.1. The Morgan fingerprint density at radius 3 is 2.37 bits per heavy atom. The highest BCUT2D eigenvalue weighted by Crippen LogP contribution is 2.20. The summed E-state index contributed by atoms with van der Waals surface area (Å²) in [6.07, 6.45) is 5.56. The molecular weight excluding hydrogens is 368 g/mol. The maximum Gasteiger partial charge on any atom is 0.328 e. The van der Waals surface area contributed by atoms with Crippen molar-refractivity contribution < 1.29 is 22.7 Å². The summed E-state index contributed by atoms with van der Waals surface area (Å²) >= 11 is 0. The van der Waals surface area contributed by atoms with E-state index < -0.39 is 22.2 Å². The maximum atomic E-state index is 12.4. The first-order chi connectivity index (χ1) is 12.8. The summed E-state index contributed by atoms with van der Waals surface area (Å²) in [5, 5.41) is 2.72. The number of nitrogens with one attached hydrogen (secondary N) is 2.